The number of hydrogen-bond donors (Lipinski definition) is 1. The van der Waals surface area contributed by atoms with Crippen LogP contribution < -0.4 is 0 Å². The molecule has 1 N–H and O–H groups in total. The molecule has 1 amide bonds. The Bertz CT molecular complexity index is 1330. The second kappa shape index (κ2) is 9.24. The summed E-state index contributed by atoms with van der Waals surface area (Å²) >= 11 is 0. The first-order valence-electron chi connectivity index (χ1n) is 11.7. The predicted molar refractivity (Wildman–Crippen MR) is 127 cm³/mol. The van der Waals surface area contributed by atoms with Crippen molar-refractivity contribution in [2.45, 2.75) is 19.9 Å². The van der Waals surface area contributed by atoms with Crippen LogP contribution >= 0.6 is 0 Å². The minimum Gasteiger partial charge on any atom is -0.505 e. The van der Waals surface area contributed by atoms with Crippen LogP contribution in [0.1, 0.15) is 28.6 Å². The monoisotopic (exact) mass is 478 g/mol. The first-order valence-corrected chi connectivity index (χ1v) is 11.7. The van der Waals surface area contributed by atoms with E-state index in [0.717, 1.165) is 18.7 Å². The Labute approximate surface area is 202 Å². The highest BCUT2D eigenvalue weighted by Gasteiger charge is 2.46. The molecule has 1 unspecified atom stereocenters. The Morgan fingerprint density at radius 2 is 1.83 bits per heavy atom. The summed E-state index contributed by atoms with van der Waals surface area (Å²) in [7, 11) is 0. The van der Waals surface area contributed by atoms with E-state index >= 15 is 0 Å². The number of ketones is 1. The summed E-state index contributed by atoms with van der Waals surface area (Å²) in [6, 6.07) is 8.61. The predicted octanol–water partition coefficient (Wildman–Crippen LogP) is 2.84. The third kappa shape index (κ3) is 4.11. The van der Waals surface area contributed by atoms with E-state index in [9.17, 15) is 19.1 Å². The lowest BCUT2D eigenvalue weighted by molar-refractivity contribution is -0.140. The number of pyridine rings is 1. The van der Waals surface area contributed by atoms with Crippen LogP contribution in [0.2, 0.25) is 0 Å². The van der Waals surface area contributed by atoms with Crippen LogP contribution in [0, 0.1) is 19.7 Å². The minimum absolute atomic E-state index is 0.0345. The smallest absolute Gasteiger partial charge is 0.295 e. The van der Waals surface area contributed by atoms with Gasteiger partial charge in [-0.1, -0.05) is 18.2 Å². The van der Waals surface area contributed by atoms with Gasteiger partial charge in [0.05, 0.1) is 30.5 Å². The summed E-state index contributed by atoms with van der Waals surface area (Å²) in [6.07, 6.45) is 1.83. The average Bonchev–Trinajstić information content (AvgIpc) is 3.33. The lowest BCUT2D eigenvalue weighted by Gasteiger charge is -2.31. The molecule has 1 aromatic carbocycles. The molecule has 0 aliphatic carbocycles. The number of ether oxygens (including phenoxy) is 1. The molecule has 1 atom stereocenters. The molecule has 9 heteroatoms. The second-order valence-electron chi connectivity index (χ2n) is 8.93. The Kier molecular flexibility index (Phi) is 6.12. The van der Waals surface area contributed by atoms with Crippen molar-refractivity contribution in [1.29, 1.82) is 0 Å². The third-order valence-corrected chi connectivity index (χ3v) is 6.79. The number of likely N-dealkylation sites (tertiary alicyclic amines) is 1. The standard InChI is InChI=1S/C26H27FN4O4/c1-16-4-3-9-30-17(2)21(28-25(16)30)23(32)20-22(18-5-7-19(27)8-6-18)31(26(34)24(20)33)11-10-29-12-14-35-15-13-29/h3-9,22,32H,10-15H2,1-2H3. The molecule has 0 saturated carbocycles. The molecular formula is C26H27FN4O4. The number of amides is 1. The number of carbonyl (C=O) groups is 2. The Balaban J connectivity index is 1.60. The van der Waals surface area contributed by atoms with Crippen LogP contribution in [0.3, 0.4) is 0 Å². The summed E-state index contributed by atoms with van der Waals surface area (Å²) in [5.41, 5.74) is 2.98. The molecule has 182 valence electrons. The van der Waals surface area contributed by atoms with Crippen LogP contribution in [-0.4, -0.2) is 75.4 Å². The van der Waals surface area contributed by atoms with E-state index in [1.165, 1.54) is 17.0 Å². The van der Waals surface area contributed by atoms with E-state index in [1.54, 1.807) is 19.1 Å². The number of imidazole rings is 1. The van der Waals surface area contributed by atoms with Crippen molar-refractivity contribution in [3.8, 4) is 0 Å². The number of Topliss-reactive ketones (excluding diaryl/α,β-unsaturated/α-hetero) is 1. The van der Waals surface area contributed by atoms with E-state index < -0.39 is 23.5 Å². The number of carbonyl (C=O) groups excluding carboxylic acids is 2. The maximum Gasteiger partial charge on any atom is 0.295 e. The van der Waals surface area contributed by atoms with Crippen LogP contribution in [0.5, 0.6) is 0 Å². The zero-order valence-corrected chi connectivity index (χ0v) is 19.7. The molecule has 0 bridgehead atoms. The van der Waals surface area contributed by atoms with Crippen LogP contribution in [0.15, 0.2) is 48.2 Å². The number of hydrogen-bond acceptors (Lipinski definition) is 6. The van der Waals surface area contributed by atoms with Crippen molar-refractivity contribution >= 4 is 23.1 Å². The normalized spacial score (nSPS) is 20.8. The number of aryl methyl sites for hydroxylation is 2. The summed E-state index contributed by atoms with van der Waals surface area (Å²) < 4.78 is 20.9. The van der Waals surface area contributed by atoms with Gasteiger partial charge in [-0.15, -0.1) is 0 Å². The molecule has 0 radical (unpaired) electrons. The van der Waals surface area contributed by atoms with E-state index in [0.29, 0.717) is 36.7 Å². The number of rotatable bonds is 5. The molecular weight excluding hydrogens is 451 g/mol. The molecule has 3 aromatic rings. The molecule has 8 nitrogen and oxygen atoms in total. The van der Waals surface area contributed by atoms with E-state index in [2.05, 4.69) is 9.88 Å². The average molecular weight is 479 g/mol. The third-order valence-electron chi connectivity index (χ3n) is 6.79. The number of aliphatic hydroxyl groups is 1. The molecule has 2 aliphatic rings. The van der Waals surface area contributed by atoms with Gasteiger partial charge in [-0.05, 0) is 43.2 Å². The lowest BCUT2D eigenvalue weighted by atomic mass is 9.96. The maximum atomic E-state index is 13.7. The van der Waals surface area contributed by atoms with E-state index in [4.69, 9.17) is 4.74 Å². The van der Waals surface area contributed by atoms with Crippen molar-refractivity contribution in [3.05, 3.63) is 76.5 Å². The number of benzene rings is 1. The second-order valence-corrected chi connectivity index (χ2v) is 8.93. The number of nitrogens with zero attached hydrogens (tertiary/aromatic N) is 4. The highest BCUT2D eigenvalue weighted by Crippen LogP contribution is 2.39. The van der Waals surface area contributed by atoms with Crippen molar-refractivity contribution in [2.75, 3.05) is 39.4 Å². The lowest BCUT2D eigenvalue weighted by Crippen LogP contribution is -2.42. The molecule has 35 heavy (non-hydrogen) atoms. The van der Waals surface area contributed by atoms with E-state index in [-0.39, 0.29) is 23.6 Å². The molecule has 2 aromatic heterocycles. The Hall–Kier alpha value is -3.56. The van der Waals surface area contributed by atoms with Crippen LogP contribution in [0.4, 0.5) is 4.39 Å². The highest BCUT2D eigenvalue weighted by atomic mass is 19.1. The highest BCUT2D eigenvalue weighted by molar-refractivity contribution is 6.46. The zero-order valence-electron chi connectivity index (χ0n) is 19.7. The van der Waals surface area contributed by atoms with Gasteiger partial charge in [-0.3, -0.25) is 14.5 Å². The van der Waals surface area contributed by atoms with Gasteiger partial charge in [0.15, 0.2) is 5.76 Å². The summed E-state index contributed by atoms with van der Waals surface area (Å²) in [6.45, 7) is 7.27. The molecule has 2 fully saturated rings. The van der Waals surface area contributed by atoms with Crippen molar-refractivity contribution < 1.29 is 23.8 Å². The fourth-order valence-electron chi connectivity index (χ4n) is 4.85. The molecule has 2 aliphatic heterocycles. The fraction of sp³-hybridized carbons (Fsp3) is 0.346. The van der Waals surface area contributed by atoms with Gasteiger partial charge >= 0.3 is 0 Å². The summed E-state index contributed by atoms with van der Waals surface area (Å²) in [5.74, 6) is -2.21. The van der Waals surface area contributed by atoms with Gasteiger partial charge in [-0.2, -0.15) is 0 Å². The van der Waals surface area contributed by atoms with Gasteiger partial charge in [0.25, 0.3) is 11.7 Å². The SMILES string of the molecule is Cc1cccn2c(C)c(C(O)=C3C(=O)C(=O)N(CCN4CCOCC4)C3c3ccc(F)cc3)nc12. The molecule has 5 rings (SSSR count). The van der Waals surface area contributed by atoms with Crippen molar-refractivity contribution in [3.63, 3.8) is 0 Å². The van der Waals surface area contributed by atoms with Crippen LogP contribution in [-0.2, 0) is 14.3 Å². The quantitative estimate of drug-likeness (QED) is 0.345. The van der Waals surface area contributed by atoms with Gasteiger partial charge in [-0.25, -0.2) is 9.37 Å². The van der Waals surface area contributed by atoms with Crippen LogP contribution in [0.25, 0.3) is 11.4 Å². The van der Waals surface area contributed by atoms with Gasteiger partial charge < -0.3 is 19.1 Å². The van der Waals surface area contributed by atoms with Gasteiger partial charge in [0.1, 0.15) is 17.2 Å². The van der Waals surface area contributed by atoms with Crippen molar-refractivity contribution in [1.82, 2.24) is 19.2 Å². The van der Waals surface area contributed by atoms with E-state index in [1.807, 2.05) is 29.7 Å². The summed E-state index contributed by atoms with van der Waals surface area (Å²) in [4.78, 5) is 34.7. The number of halogens is 1. The zero-order chi connectivity index (χ0) is 24.7. The Morgan fingerprint density at radius 3 is 2.51 bits per heavy atom. The number of aliphatic hydroxyl groups excluding tert-OH is 1. The fourth-order valence-corrected chi connectivity index (χ4v) is 4.85. The number of aromatic nitrogens is 2. The first kappa shape index (κ1) is 23.2. The Morgan fingerprint density at radius 1 is 1.11 bits per heavy atom. The number of morpholine rings is 1. The maximum absolute atomic E-state index is 13.7. The van der Waals surface area contributed by atoms with Gasteiger partial charge in [0.2, 0.25) is 0 Å². The minimum atomic E-state index is -0.845. The van der Waals surface area contributed by atoms with Crippen molar-refractivity contribution in [2.24, 2.45) is 0 Å². The van der Waals surface area contributed by atoms with Gasteiger partial charge in [0, 0.05) is 32.4 Å². The largest absolute Gasteiger partial charge is 0.505 e. The topological polar surface area (TPSA) is 87.4 Å². The molecule has 2 saturated heterocycles. The molecule has 0 spiro atoms. The molecule has 4 heterocycles. The summed E-state index contributed by atoms with van der Waals surface area (Å²) in [5, 5.41) is 11.4. The first-order chi connectivity index (χ1) is 16.9. The number of fused-ring (bicyclic) bond motifs is 1.